The highest BCUT2D eigenvalue weighted by Crippen LogP contribution is 2.23. The maximum Gasteiger partial charge on any atom is 0.218 e. The van der Waals surface area contributed by atoms with Crippen LogP contribution >= 0.6 is 0 Å². The number of anilines is 1. The molecule has 21 heavy (non-hydrogen) atoms. The largest absolute Gasteiger partial charge is 0.398 e. The number of para-hydroxylation sites is 1. The Bertz CT molecular complexity index is 564. The van der Waals surface area contributed by atoms with Gasteiger partial charge in [0.15, 0.2) is 0 Å². The van der Waals surface area contributed by atoms with Gasteiger partial charge in [0.25, 0.3) is 0 Å². The highest BCUT2D eigenvalue weighted by molar-refractivity contribution is 7.88. The number of nitrogens with zero attached hydrogens (tertiary/aromatic N) is 2. The topological polar surface area (TPSA) is 66.6 Å². The summed E-state index contributed by atoms with van der Waals surface area (Å²) < 4.78 is 26.6. The Balaban J connectivity index is 1.97. The van der Waals surface area contributed by atoms with Crippen LogP contribution in [0.5, 0.6) is 0 Å². The zero-order valence-electron chi connectivity index (χ0n) is 12.8. The molecule has 0 aromatic heterocycles. The predicted octanol–water partition coefficient (Wildman–Crippen LogP) is 1.37. The van der Waals surface area contributed by atoms with Crippen LogP contribution in [0.2, 0.25) is 0 Å². The number of hydrogen-bond donors (Lipinski definition) is 1. The second-order valence-electron chi connectivity index (χ2n) is 6.06. The van der Waals surface area contributed by atoms with Gasteiger partial charge in [-0.2, -0.15) is 0 Å². The van der Waals surface area contributed by atoms with Crippen molar-refractivity contribution < 1.29 is 8.42 Å². The Morgan fingerprint density at radius 1 is 1.24 bits per heavy atom. The summed E-state index contributed by atoms with van der Waals surface area (Å²) in [7, 11) is 0.843. The molecular weight excluding hydrogens is 286 g/mol. The maximum atomic E-state index is 12.5. The minimum absolute atomic E-state index is 0.00196. The van der Waals surface area contributed by atoms with Crippen molar-refractivity contribution in [1.82, 2.24) is 9.21 Å². The van der Waals surface area contributed by atoms with Crippen LogP contribution in [0.15, 0.2) is 24.3 Å². The van der Waals surface area contributed by atoms with Crippen LogP contribution in [-0.4, -0.2) is 51.4 Å². The van der Waals surface area contributed by atoms with E-state index in [1.54, 1.807) is 16.4 Å². The molecule has 1 saturated heterocycles. The van der Waals surface area contributed by atoms with Crippen LogP contribution in [0, 0.1) is 5.92 Å². The lowest BCUT2D eigenvalue weighted by Crippen LogP contribution is -2.41. The number of rotatable bonds is 5. The van der Waals surface area contributed by atoms with E-state index in [-0.39, 0.29) is 5.75 Å². The van der Waals surface area contributed by atoms with E-state index in [2.05, 4.69) is 19.0 Å². The molecule has 0 aliphatic carbocycles. The van der Waals surface area contributed by atoms with E-state index >= 15 is 0 Å². The smallest absolute Gasteiger partial charge is 0.218 e. The second kappa shape index (κ2) is 6.77. The molecule has 2 N–H and O–H groups in total. The van der Waals surface area contributed by atoms with Crippen LogP contribution in [0.25, 0.3) is 0 Å². The van der Waals surface area contributed by atoms with Crippen LogP contribution < -0.4 is 5.73 Å². The number of nitrogen functional groups attached to an aromatic ring is 1. The summed E-state index contributed by atoms with van der Waals surface area (Å²) in [5.74, 6) is 0.589. The van der Waals surface area contributed by atoms with Crippen molar-refractivity contribution in [2.75, 3.05) is 39.5 Å². The monoisotopic (exact) mass is 311 g/mol. The number of benzene rings is 1. The van der Waals surface area contributed by atoms with Gasteiger partial charge in [0.2, 0.25) is 10.0 Å². The highest BCUT2D eigenvalue weighted by atomic mass is 32.2. The first kappa shape index (κ1) is 16.3. The Morgan fingerprint density at radius 3 is 2.43 bits per heavy atom. The van der Waals surface area contributed by atoms with E-state index in [9.17, 15) is 8.42 Å². The van der Waals surface area contributed by atoms with Gasteiger partial charge in [-0.1, -0.05) is 18.2 Å². The molecule has 0 atom stereocenters. The van der Waals surface area contributed by atoms with E-state index in [1.165, 1.54) is 0 Å². The van der Waals surface area contributed by atoms with Crippen molar-refractivity contribution in [3.63, 3.8) is 0 Å². The fraction of sp³-hybridized carbons (Fsp3) is 0.600. The fourth-order valence-corrected chi connectivity index (χ4v) is 4.45. The van der Waals surface area contributed by atoms with Crippen LogP contribution in [0.3, 0.4) is 0 Å². The van der Waals surface area contributed by atoms with Crippen molar-refractivity contribution in [3.05, 3.63) is 29.8 Å². The summed E-state index contributed by atoms with van der Waals surface area (Å²) in [6.45, 7) is 2.26. The molecule has 2 rings (SSSR count). The van der Waals surface area contributed by atoms with Crippen LogP contribution in [-0.2, 0) is 15.8 Å². The summed E-state index contributed by atoms with van der Waals surface area (Å²) in [6, 6.07) is 7.17. The SMILES string of the molecule is CN(C)CC1CCN(S(=O)(=O)Cc2ccccc2N)CC1. The van der Waals surface area contributed by atoms with Crippen molar-refractivity contribution in [2.45, 2.75) is 18.6 Å². The quantitative estimate of drug-likeness (QED) is 0.834. The van der Waals surface area contributed by atoms with Crippen molar-refractivity contribution in [3.8, 4) is 0 Å². The van der Waals surface area contributed by atoms with E-state index in [4.69, 9.17) is 5.73 Å². The molecule has 1 aliphatic rings. The lowest BCUT2D eigenvalue weighted by atomic mass is 9.98. The molecule has 0 amide bonds. The number of nitrogens with two attached hydrogens (primary N) is 1. The summed E-state index contributed by atoms with van der Waals surface area (Å²) in [5.41, 5.74) is 7.08. The number of hydrogen-bond acceptors (Lipinski definition) is 4. The van der Waals surface area contributed by atoms with Crippen molar-refractivity contribution in [2.24, 2.45) is 5.92 Å². The first-order chi connectivity index (χ1) is 9.88. The van der Waals surface area contributed by atoms with Gasteiger partial charge < -0.3 is 10.6 Å². The summed E-state index contributed by atoms with van der Waals surface area (Å²) >= 11 is 0. The molecule has 118 valence electrons. The molecular formula is C15H25N3O2S. The van der Waals surface area contributed by atoms with E-state index in [0.29, 0.717) is 30.3 Å². The summed E-state index contributed by atoms with van der Waals surface area (Å²) in [6.07, 6.45) is 1.86. The normalized spacial score (nSPS) is 18.2. The van der Waals surface area contributed by atoms with E-state index in [1.807, 2.05) is 12.1 Å². The number of sulfonamides is 1. The average Bonchev–Trinajstić information content (AvgIpc) is 2.41. The first-order valence-corrected chi connectivity index (χ1v) is 8.95. The average molecular weight is 311 g/mol. The van der Waals surface area contributed by atoms with Crippen LogP contribution in [0.4, 0.5) is 5.69 Å². The predicted molar refractivity (Wildman–Crippen MR) is 86.3 cm³/mol. The van der Waals surface area contributed by atoms with Crippen molar-refractivity contribution in [1.29, 1.82) is 0 Å². The van der Waals surface area contributed by atoms with E-state index in [0.717, 1.165) is 19.4 Å². The molecule has 1 aromatic carbocycles. The van der Waals surface area contributed by atoms with Gasteiger partial charge in [-0.15, -0.1) is 0 Å². The Morgan fingerprint density at radius 2 is 1.86 bits per heavy atom. The Kier molecular flexibility index (Phi) is 5.24. The zero-order chi connectivity index (χ0) is 15.5. The minimum atomic E-state index is -3.27. The maximum absolute atomic E-state index is 12.5. The summed E-state index contributed by atoms with van der Waals surface area (Å²) in [4.78, 5) is 2.17. The summed E-state index contributed by atoms with van der Waals surface area (Å²) in [5, 5.41) is 0. The van der Waals surface area contributed by atoms with Gasteiger partial charge in [0, 0.05) is 25.3 Å². The zero-order valence-corrected chi connectivity index (χ0v) is 13.6. The molecule has 0 radical (unpaired) electrons. The molecule has 0 saturated carbocycles. The molecule has 0 spiro atoms. The fourth-order valence-electron chi connectivity index (χ4n) is 2.84. The lowest BCUT2D eigenvalue weighted by Gasteiger charge is -2.32. The molecule has 1 heterocycles. The Hall–Kier alpha value is -1.11. The third-order valence-electron chi connectivity index (χ3n) is 3.98. The molecule has 1 aliphatic heterocycles. The highest BCUT2D eigenvalue weighted by Gasteiger charge is 2.28. The van der Waals surface area contributed by atoms with E-state index < -0.39 is 10.0 Å². The first-order valence-electron chi connectivity index (χ1n) is 7.34. The molecule has 1 aromatic rings. The number of piperidine rings is 1. The van der Waals surface area contributed by atoms with Gasteiger partial charge in [-0.05, 0) is 44.5 Å². The molecule has 0 bridgehead atoms. The Labute approximate surface area is 127 Å². The van der Waals surface area contributed by atoms with Crippen LogP contribution in [0.1, 0.15) is 18.4 Å². The van der Waals surface area contributed by atoms with Gasteiger partial charge in [-0.25, -0.2) is 12.7 Å². The standard InChI is InChI=1S/C15H25N3O2S/c1-17(2)11-13-7-9-18(10-8-13)21(19,20)12-14-5-3-4-6-15(14)16/h3-6,13H,7-12,16H2,1-2H3. The lowest BCUT2D eigenvalue weighted by molar-refractivity contribution is 0.225. The molecule has 6 heteroatoms. The second-order valence-corrected chi connectivity index (χ2v) is 8.03. The molecule has 1 fully saturated rings. The minimum Gasteiger partial charge on any atom is -0.398 e. The van der Waals surface area contributed by atoms with Crippen molar-refractivity contribution >= 4 is 15.7 Å². The van der Waals surface area contributed by atoms with Gasteiger partial charge >= 0.3 is 0 Å². The third-order valence-corrected chi connectivity index (χ3v) is 5.81. The van der Waals surface area contributed by atoms with Gasteiger partial charge in [-0.3, -0.25) is 0 Å². The molecule has 5 nitrogen and oxygen atoms in total. The molecule has 0 unspecified atom stereocenters. The van der Waals surface area contributed by atoms with Gasteiger partial charge in [0.05, 0.1) is 5.75 Å². The third kappa shape index (κ3) is 4.43. The van der Waals surface area contributed by atoms with Gasteiger partial charge in [0.1, 0.15) is 0 Å².